The lowest BCUT2D eigenvalue weighted by molar-refractivity contribution is 0.0739. The Bertz CT molecular complexity index is 930. The monoisotopic (exact) mass is 355 g/mol. The molecule has 0 saturated carbocycles. The number of aromatic nitrogens is 1. The highest BCUT2D eigenvalue weighted by molar-refractivity contribution is 7.17. The highest BCUT2D eigenvalue weighted by Crippen LogP contribution is 2.29. The van der Waals surface area contributed by atoms with Crippen LogP contribution in [0, 0.1) is 12.7 Å². The summed E-state index contributed by atoms with van der Waals surface area (Å²) in [7, 11) is 0. The molecule has 0 aliphatic heterocycles. The number of aryl methyl sites for hydroxylation is 1. The van der Waals surface area contributed by atoms with E-state index in [-0.39, 0.29) is 11.6 Å². The van der Waals surface area contributed by atoms with Crippen LogP contribution in [-0.4, -0.2) is 16.7 Å². The molecule has 0 aliphatic carbocycles. The molecule has 1 aromatic heterocycles. The molecule has 25 heavy (non-hydrogen) atoms. The summed E-state index contributed by atoms with van der Waals surface area (Å²) in [5.74, 6) is -0.546. The number of nitrogens with zero attached hydrogens (tertiary/aromatic N) is 1. The van der Waals surface area contributed by atoms with E-state index in [1.807, 2.05) is 0 Å². The van der Waals surface area contributed by atoms with Gasteiger partial charge in [-0.2, -0.15) is 0 Å². The molecule has 0 unspecified atom stereocenters. The number of esters is 1. The van der Waals surface area contributed by atoms with Crippen LogP contribution in [0.5, 0.6) is 5.75 Å². The number of ketones is 1. The molecule has 0 radical (unpaired) electrons. The van der Waals surface area contributed by atoms with Gasteiger partial charge < -0.3 is 4.74 Å². The molecule has 2 aromatic carbocycles. The van der Waals surface area contributed by atoms with Crippen LogP contribution in [0.1, 0.15) is 32.6 Å². The van der Waals surface area contributed by atoms with Gasteiger partial charge in [-0.1, -0.05) is 0 Å². The van der Waals surface area contributed by atoms with Crippen LogP contribution in [0.15, 0.2) is 48.5 Å². The van der Waals surface area contributed by atoms with E-state index < -0.39 is 5.97 Å². The number of hydrogen-bond acceptors (Lipinski definition) is 5. The van der Waals surface area contributed by atoms with Gasteiger partial charge in [0.05, 0.1) is 5.69 Å². The number of halogens is 1. The van der Waals surface area contributed by atoms with E-state index >= 15 is 0 Å². The topological polar surface area (TPSA) is 56.3 Å². The molecule has 0 amide bonds. The smallest absolute Gasteiger partial charge is 0.355 e. The van der Waals surface area contributed by atoms with Crippen LogP contribution in [0.4, 0.5) is 4.39 Å². The SMILES string of the molecule is CC(=O)c1ccc(OC(=O)c2sc(-c3ccc(F)cc3)nc2C)cc1. The van der Waals surface area contributed by atoms with E-state index in [0.717, 1.165) is 5.56 Å². The first-order valence-corrected chi connectivity index (χ1v) is 8.32. The van der Waals surface area contributed by atoms with E-state index in [1.165, 1.54) is 30.4 Å². The summed E-state index contributed by atoms with van der Waals surface area (Å²) < 4.78 is 18.4. The Hall–Kier alpha value is -2.86. The Morgan fingerprint density at radius 2 is 1.68 bits per heavy atom. The fourth-order valence-electron chi connectivity index (χ4n) is 2.21. The Kier molecular flexibility index (Phi) is 4.72. The van der Waals surface area contributed by atoms with Crippen molar-refractivity contribution < 1.29 is 18.7 Å². The molecular weight excluding hydrogens is 341 g/mol. The number of benzene rings is 2. The lowest BCUT2D eigenvalue weighted by Gasteiger charge is -2.03. The molecule has 0 saturated heterocycles. The molecule has 3 rings (SSSR count). The molecule has 126 valence electrons. The molecule has 0 aliphatic rings. The first kappa shape index (κ1) is 17.0. The van der Waals surface area contributed by atoms with Crippen LogP contribution in [-0.2, 0) is 0 Å². The molecular formula is C19H14FNO3S. The third-order valence-corrected chi connectivity index (χ3v) is 4.73. The quantitative estimate of drug-likeness (QED) is 0.387. The minimum Gasteiger partial charge on any atom is -0.422 e. The van der Waals surface area contributed by atoms with Crippen molar-refractivity contribution in [2.75, 3.05) is 0 Å². The standard InChI is InChI=1S/C19H14FNO3S/c1-11-17(25-18(21-11)14-3-7-15(20)8-4-14)19(23)24-16-9-5-13(6-10-16)12(2)22/h3-10H,1-2H3. The number of thiazole rings is 1. The van der Waals surface area contributed by atoms with E-state index in [4.69, 9.17) is 4.74 Å². The maximum absolute atomic E-state index is 13.0. The lowest BCUT2D eigenvalue weighted by Crippen LogP contribution is -2.08. The van der Waals surface area contributed by atoms with Crippen LogP contribution in [0.25, 0.3) is 10.6 Å². The largest absolute Gasteiger partial charge is 0.422 e. The first-order valence-electron chi connectivity index (χ1n) is 7.50. The molecule has 0 bridgehead atoms. The van der Waals surface area contributed by atoms with Crippen LogP contribution >= 0.6 is 11.3 Å². The van der Waals surface area contributed by atoms with Gasteiger partial charge in [0.15, 0.2) is 5.78 Å². The van der Waals surface area contributed by atoms with Crippen LogP contribution < -0.4 is 4.74 Å². The van der Waals surface area contributed by atoms with E-state index in [9.17, 15) is 14.0 Å². The van der Waals surface area contributed by atoms with Gasteiger partial charge in [0, 0.05) is 11.1 Å². The summed E-state index contributed by atoms with van der Waals surface area (Å²) in [6, 6.07) is 12.3. The van der Waals surface area contributed by atoms with E-state index in [2.05, 4.69) is 4.98 Å². The molecule has 1 heterocycles. The molecule has 0 N–H and O–H groups in total. The minimum atomic E-state index is -0.515. The van der Waals surface area contributed by atoms with Gasteiger partial charge in [-0.3, -0.25) is 4.79 Å². The molecule has 0 atom stereocenters. The van der Waals surface area contributed by atoms with E-state index in [1.54, 1.807) is 43.3 Å². The normalized spacial score (nSPS) is 10.5. The van der Waals surface area contributed by atoms with Crippen molar-refractivity contribution in [3.8, 4) is 16.3 Å². The predicted molar refractivity (Wildman–Crippen MR) is 93.7 cm³/mol. The van der Waals surface area contributed by atoms with Crippen molar-refractivity contribution in [3.63, 3.8) is 0 Å². The number of rotatable bonds is 4. The van der Waals surface area contributed by atoms with Crippen molar-refractivity contribution in [2.24, 2.45) is 0 Å². The zero-order chi connectivity index (χ0) is 18.0. The molecule has 0 fully saturated rings. The zero-order valence-electron chi connectivity index (χ0n) is 13.6. The van der Waals surface area contributed by atoms with Crippen molar-refractivity contribution >= 4 is 23.1 Å². The van der Waals surface area contributed by atoms with Crippen molar-refractivity contribution in [1.29, 1.82) is 0 Å². The van der Waals surface area contributed by atoms with Gasteiger partial charge >= 0.3 is 5.97 Å². The average molecular weight is 355 g/mol. The number of carbonyl (C=O) groups excluding carboxylic acids is 2. The highest BCUT2D eigenvalue weighted by atomic mass is 32.1. The fourth-order valence-corrected chi connectivity index (χ4v) is 3.16. The van der Waals surface area contributed by atoms with Gasteiger partial charge in [-0.15, -0.1) is 11.3 Å². The number of ether oxygens (including phenoxy) is 1. The van der Waals surface area contributed by atoms with Crippen LogP contribution in [0.2, 0.25) is 0 Å². The van der Waals surface area contributed by atoms with Crippen molar-refractivity contribution in [1.82, 2.24) is 4.98 Å². The first-order chi connectivity index (χ1) is 11.9. The van der Waals surface area contributed by atoms with Crippen molar-refractivity contribution in [2.45, 2.75) is 13.8 Å². The fraction of sp³-hybridized carbons (Fsp3) is 0.105. The second kappa shape index (κ2) is 6.94. The Balaban J connectivity index is 1.80. The third-order valence-electron chi connectivity index (χ3n) is 3.54. The maximum atomic E-state index is 13.0. The Morgan fingerprint density at radius 3 is 2.28 bits per heavy atom. The number of Topliss-reactive ketones (excluding diaryl/α,β-unsaturated/α-hetero) is 1. The number of hydrogen-bond donors (Lipinski definition) is 0. The molecule has 6 heteroatoms. The van der Waals surface area contributed by atoms with E-state index in [0.29, 0.717) is 26.9 Å². The molecule has 4 nitrogen and oxygen atoms in total. The summed E-state index contributed by atoms with van der Waals surface area (Å²) >= 11 is 1.19. The lowest BCUT2D eigenvalue weighted by atomic mass is 10.1. The Labute approximate surface area is 147 Å². The number of carbonyl (C=O) groups is 2. The van der Waals surface area contributed by atoms with Crippen molar-refractivity contribution in [3.05, 3.63) is 70.5 Å². The minimum absolute atomic E-state index is 0.0554. The van der Waals surface area contributed by atoms with Gasteiger partial charge in [-0.25, -0.2) is 14.2 Å². The second-order valence-electron chi connectivity index (χ2n) is 5.41. The Morgan fingerprint density at radius 1 is 1.04 bits per heavy atom. The average Bonchev–Trinajstić information content (AvgIpc) is 2.98. The second-order valence-corrected chi connectivity index (χ2v) is 6.41. The molecule has 3 aromatic rings. The summed E-state index contributed by atoms with van der Waals surface area (Å²) in [6.07, 6.45) is 0. The van der Waals surface area contributed by atoms with Gasteiger partial charge in [0.25, 0.3) is 0 Å². The highest BCUT2D eigenvalue weighted by Gasteiger charge is 2.18. The van der Waals surface area contributed by atoms with Gasteiger partial charge in [0.1, 0.15) is 21.5 Å². The summed E-state index contributed by atoms with van der Waals surface area (Å²) in [4.78, 5) is 28.4. The maximum Gasteiger partial charge on any atom is 0.355 e. The van der Waals surface area contributed by atoms with Crippen LogP contribution in [0.3, 0.4) is 0 Å². The zero-order valence-corrected chi connectivity index (χ0v) is 14.4. The summed E-state index contributed by atoms with van der Waals surface area (Å²) in [6.45, 7) is 3.19. The third kappa shape index (κ3) is 3.80. The molecule has 0 spiro atoms. The van der Waals surface area contributed by atoms with Gasteiger partial charge in [0.2, 0.25) is 0 Å². The van der Waals surface area contributed by atoms with Gasteiger partial charge in [-0.05, 0) is 62.4 Å². The summed E-state index contributed by atoms with van der Waals surface area (Å²) in [5.41, 5.74) is 1.83. The predicted octanol–water partition coefficient (Wildman–Crippen LogP) is 4.68. The summed E-state index contributed by atoms with van der Waals surface area (Å²) in [5, 5.41) is 0.622.